The van der Waals surface area contributed by atoms with Gasteiger partial charge in [-0.15, -0.1) is 0 Å². The number of amides is 1. The summed E-state index contributed by atoms with van der Waals surface area (Å²) in [4.78, 5) is 12.2. The molecule has 0 fully saturated rings. The van der Waals surface area contributed by atoms with Crippen LogP contribution < -0.4 is 5.32 Å². The summed E-state index contributed by atoms with van der Waals surface area (Å²) in [6, 6.07) is 17.4. The molecule has 0 spiro atoms. The second kappa shape index (κ2) is 6.48. The van der Waals surface area contributed by atoms with Crippen molar-refractivity contribution < 1.29 is 9.32 Å². The lowest BCUT2D eigenvalue weighted by atomic mass is 10.1. The van der Waals surface area contributed by atoms with Crippen LogP contribution in [0.25, 0.3) is 11.3 Å². The van der Waals surface area contributed by atoms with Crippen LogP contribution in [0.1, 0.15) is 16.8 Å². The monoisotopic (exact) mass is 306 g/mol. The molecular formula is C19H18N2O2. The molecule has 23 heavy (non-hydrogen) atoms. The zero-order valence-corrected chi connectivity index (χ0v) is 13.2. The molecule has 0 radical (unpaired) electrons. The lowest BCUT2D eigenvalue weighted by Crippen LogP contribution is -2.15. The summed E-state index contributed by atoms with van der Waals surface area (Å²) in [5, 5.41) is 6.89. The van der Waals surface area contributed by atoms with Gasteiger partial charge < -0.3 is 9.84 Å². The van der Waals surface area contributed by atoms with Crippen LogP contribution in [0.3, 0.4) is 0 Å². The molecule has 0 bridgehead atoms. The lowest BCUT2D eigenvalue weighted by molar-refractivity contribution is -0.115. The van der Waals surface area contributed by atoms with Gasteiger partial charge in [-0.1, -0.05) is 53.2 Å². The quantitative estimate of drug-likeness (QED) is 0.788. The van der Waals surface area contributed by atoms with Crippen molar-refractivity contribution in [1.82, 2.24) is 5.16 Å². The molecule has 1 aromatic heterocycles. The zero-order chi connectivity index (χ0) is 16.2. The molecule has 4 nitrogen and oxygen atoms in total. The Morgan fingerprint density at radius 3 is 2.61 bits per heavy atom. The van der Waals surface area contributed by atoms with Crippen molar-refractivity contribution in [3.8, 4) is 11.3 Å². The Balaban J connectivity index is 1.68. The van der Waals surface area contributed by atoms with Gasteiger partial charge in [0.1, 0.15) is 0 Å². The first-order valence-electron chi connectivity index (χ1n) is 7.50. The maximum Gasteiger partial charge on any atom is 0.230 e. The summed E-state index contributed by atoms with van der Waals surface area (Å²) < 4.78 is 5.31. The second-order valence-corrected chi connectivity index (χ2v) is 5.59. The van der Waals surface area contributed by atoms with Crippen LogP contribution in [-0.2, 0) is 11.2 Å². The van der Waals surface area contributed by atoms with E-state index in [4.69, 9.17) is 4.52 Å². The summed E-state index contributed by atoms with van der Waals surface area (Å²) in [7, 11) is 0. The third-order valence-electron chi connectivity index (χ3n) is 3.61. The third-order valence-corrected chi connectivity index (χ3v) is 3.61. The molecule has 116 valence electrons. The van der Waals surface area contributed by atoms with Crippen molar-refractivity contribution in [2.24, 2.45) is 0 Å². The van der Waals surface area contributed by atoms with Gasteiger partial charge in [0.15, 0.2) is 5.76 Å². The van der Waals surface area contributed by atoms with Crippen LogP contribution in [0.2, 0.25) is 0 Å². The summed E-state index contributed by atoms with van der Waals surface area (Å²) in [5.41, 5.74) is 4.60. The fourth-order valence-corrected chi connectivity index (χ4v) is 2.45. The van der Waals surface area contributed by atoms with Gasteiger partial charge >= 0.3 is 0 Å². The minimum atomic E-state index is -0.107. The van der Waals surface area contributed by atoms with E-state index >= 15 is 0 Å². The molecule has 1 N–H and O–H groups in total. The molecule has 0 saturated heterocycles. The van der Waals surface area contributed by atoms with Crippen molar-refractivity contribution in [2.45, 2.75) is 20.3 Å². The Morgan fingerprint density at radius 1 is 1.09 bits per heavy atom. The summed E-state index contributed by atoms with van der Waals surface area (Å²) >= 11 is 0. The Labute approximate surface area is 135 Å². The van der Waals surface area contributed by atoms with Crippen molar-refractivity contribution in [2.75, 3.05) is 5.32 Å². The van der Waals surface area contributed by atoms with Crippen LogP contribution in [0.15, 0.2) is 59.1 Å². The molecule has 4 heteroatoms. The topological polar surface area (TPSA) is 55.1 Å². The predicted octanol–water partition coefficient (Wildman–Crippen LogP) is 4.14. The van der Waals surface area contributed by atoms with Crippen molar-refractivity contribution in [3.63, 3.8) is 0 Å². The number of aromatic nitrogens is 1. The number of carbonyl (C=O) groups excluding carboxylic acids is 1. The van der Waals surface area contributed by atoms with E-state index in [1.54, 1.807) is 6.07 Å². The molecule has 1 amide bonds. The normalized spacial score (nSPS) is 10.5. The highest BCUT2D eigenvalue weighted by Crippen LogP contribution is 2.20. The van der Waals surface area contributed by atoms with E-state index < -0.39 is 0 Å². The second-order valence-electron chi connectivity index (χ2n) is 5.59. The number of carbonyl (C=O) groups is 1. The number of hydrogen-bond donors (Lipinski definition) is 1. The van der Waals surface area contributed by atoms with Crippen molar-refractivity contribution >= 4 is 11.6 Å². The molecule has 3 aromatic rings. The predicted molar refractivity (Wildman–Crippen MR) is 90.2 cm³/mol. The van der Waals surface area contributed by atoms with Crippen molar-refractivity contribution in [3.05, 3.63) is 71.4 Å². The molecule has 0 aliphatic rings. The zero-order valence-electron chi connectivity index (χ0n) is 13.2. The highest BCUT2D eigenvalue weighted by molar-refractivity contribution is 5.92. The molecule has 3 rings (SSSR count). The smallest absolute Gasteiger partial charge is 0.230 e. The van der Waals surface area contributed by atoms with E-state index in [1.807, 2.05) is 62.4 Å². The average Bonchev–Trinajstić information content (AvgIpc) is 2.99. The van der Waals surface area contributed by atoms with Crippen LogP contribution in [0, 0.1) is 13.8 Å². The molecule has 2 aromatic carbocycles. The molecule has 1 heterocycles. The van der Waals surface area contributed by atoms with Gasteiger partial charge in [0.2, 0.25) is 5.91 Å². The van der Waals surface area contributed by atoms with Gasteiger partial charge in [0.05, 0.1) is 12.1 Å². The highest BCUT2D eigenvalue weighted by atomic mass is 16.5. The highest BCUT2D eigenvalue weighted by Gasteiger charge is 2.11. The van der Waals surface area contributed by atoms with Gasteiger partial charge in [-0.25, -0.2) is 0 Å². The minimum Gasteiger partial charge on any atom is -0.356 e. The van der Waals surface area contributed by atoms with Crippen LogP contribution in [-0.4, -0.2) is 11.1 Å². The van der Waals surface area contributed by atoms with Crippen LogP contribution >= 0.6 is 0 Å². The van der Waals surface area contributed by atoms with Gasteiger partial charge in [-0.05, 0) is 25.5 Å². The number of rotatable bonds is 4. The SMILES string of the molecule is Cc1ccc(NC(=O)Cc2cc(-c3ccccc3)on2)c(C)c1. The standard InChI is InChI=1S/C19H18N2O2/c1-13-8-9-17(14(2)10-13)20-19(22)12-16-11-18(23-21-16)15-6-4-3-5-7-15/h3-11H,12H2,1-2H3,(H,20,22). The fourth-order valence-electron chi connectivity index (χ4n) is 2.45. The summed E-state index contributed by atoms with van der Waals surface area (Å²) in [6.45, 7) is 4.01. The fraction of sp³-hybridized carbons (Fsp3) is 0.158. The Morgan fingerprint density at radius 2 is 1.87 bits per heavy atom. The first-order valence-corrected chi connectivity index (χ1v) is 7.50. The number of aryl methyl sites for hydroxylation is 2. The van der Waals surface area contributed by atoms with E-state index in [1.165, 1.54) is 5.56 Å². The number of benzene rings is 2. The van der Waals surface area contributed by atoms with Gasteiger partial charge in [0.25, 0.3) is 0 Å². The van der Waals surface area contributed by atoms with Crippen molar-refractivity contribution in [1.29, 1.82) is 0 Å². The number of nitrogens with zero attached hydrogens (tertiary/aromatic N) is 1. The van der Waals surface area contributed by atoms with E-state index in [2.05, 4.69) is 10.5 Å². The largest absolute Gasteiger partial charge is 0.356 e. The molecule has 0 saturated carbocycles. The van der Waals surface area contributed by atoms with E-state index in [0.29, 0.717) is 11.5 Å². The van der Waals surface area contributed by atoms with Gasteiger partial charge in [0, 0.05) is 17.3 Å². The summed E-state index contributed by atoms with van der Waals surface area (Å²) in [5.74, 6) is 0.560. The van der Waals surface area contributed by atoms with Gasteiger partial charge in [-0.3, -0.25) is 4.79 Å². The molecule has 0 aliphatic carbocycles. The maximum atomic E-state index is 12.2. The van der Waals surface area contributed by atoms with Gasteiger partial charge in [-0.2, -0.15) is 0 Å². The Bertz CT molecular complexity index is 822. The Kier molecular flexibility index (Phi) is 4.24. The minimum absolute atomic E-state index is 0.107. The maximum absolute atomic E-state index is 12.2. The Hall–Kier alpha value is -2.88. The molecule has 0 atom stereocenters. The number of anilines is 1. The van der Waals surface area contributed by atoms with E-state index in [-0.39, 0.29) is 12.3 Å². The summed E-state index contributed by atoms with van der Waals surface area (Å²) in [6.07, 6.45) is 0.184. The number of hydrogen-bond acceptors (Lipinski definition) is 3. The molecule has 0 unspecified atom stereocenters. The first-order chi connectivity index (χ1) is 11.1. The van der Waals surface area contributed by atoms with E-state index in [9.17, 15) is 4.79 Å². The van der Waals surface area contributed by atoms with Crippen LogP contribution in [0.4, 0.5) is 5.69 Å². The van der Waals surface area contributed by atoms with E-state index in [0.717, 1.165) is 16.8 Å². The average molecular weight is 306 g/mol. The lowest BCUT2D eigenvalue weighted by Gasteiger charge is -2.08. The number of nitrogens with one attached hydrogen (secondary N) is 1. The molecular weight excluding hydrogens is 288 g/mol. The molecule has 0 aliphatic heterocycles. The third kappa shape index (κ3) is 3.66. The van der Waals surface area contributed by atoms with Crippen LogP contribution in [0.5, 0.6) is 0 Å². The first kappa shape index (κ1) is 15.0.